The first kappa shape index (κ1) is 22.1. The predicted molar refractivity (Wildman–Crippen MR) is 113 cm³/mol. The van der Waals surface area contributed by atoms with Crippen LogP contribution in [-0.2, 0) is 19.1 Å². The summed E-state index contributed by atoms with van der Waals surface area (Å²) in [5.74, 6) is 0.0537. The van der Waals surface area contributed by atoms with Crippen molar-refractivity contribution in [1.29, 1.82) is 0 Å². The quantitative estimate of drug-likeness (QED) is 0.568. The maximum absolute atomic E-state index is 13.5. The molecule has 1 aliphatic carbocycles. The van der Waals surface area contributed by atoms with Crippen molar-refractivity contribution in [2.75, 3.05) is 0 Å². The molecule has 0 amide bonds. The standard InChI is InChI=1S/C23H24F3N5O/c1-2-16-12-29-20(13-28-16)19-11-17(15-7-4-3-5-8-15)22(32)31(30-19)14-21-18(23(24,25)26)9-6-10-27-21/h6,9-13,15H,2-5,7-8,14H2,1H3. The zero-order chi connectivity index (χ0) is 22.7. The summed E-state index contributed by atoms with van der Waals surface area (Å²) in [6, 6.07) is 3.93. The Labute approximate surface area is 183 Å². The Morgan fingerprint density at radius 1 is 1.06 bits per heavy atom. The number of aryl methyl sites for hydroxylation is 1. The maximum Gasteiger partial charge on any atom is 0.418 e. The van der Waals surface area contributed by atoms with E-state index in [2.05, 4.69) is 20.1 Å². The van der Waals surface area contributed by atoms with Crippen molar-refractivity contribution >= 4 is 0 Å². The minimum absolute atomic E-state index is 0.0537. The SMILES string of the molecule is CCc1cnc(-c2cc(C3CCCCC3)c(=O)n(Cc3ncccc3C(F)(F)F)n2)cn1. The van der Waals surface area contributed by atoms with Gasteiger partial charge in [0.05, 0.1) is 29.7 Å². The summed E-state index contributed by atoms with van der Waals surface area (Å²) in [7, 11) is 0. The molecule has 0 radical (unpaired) electrons. The van der Waals surface area contributed by atoms with Crippen LogP contribution in [0.4, 0.5) is 13.2 Å². The molecule has 0 unspecified atom stereocenters. The molecule has 3 heterocycles. The van der Waals surface area contributed by atoms with Gasteiger partial charge in [0.25, 0.3) is 5.56 Å². The number of hydrogen-bond acceptors (Lipinski definition) is 5. The fourth-order valence-corrected chi connectivity index (χ4v) is 4.13. The Morgan fingerprint density at radius 3 is 2.50 bits per heavy atom. The first-order valence-corrected chi connectivity index (χ1v) is 10.8. The molecule has 0 saturated heterocycles. The lowest BCUT2D eigenvalue weighted by molar-refractivity contribution is -0.138. The highest BCUT2D eigenvalue weighted by atomic mass is 19.4. The second kappa shape index (κ2) is 9.18. The van der Waals surface area contributed by atoms with Gasteiger partial charge in [-0.2, -0.15) is 18.3 Å². The van der Waals surface area contributed by atoms with Gasteiger partial charge in [0.15, 0.2) is 0 Å². The maximum atomic E-state index is 13.5. The molecule has 168 valence electrons. The molecule has 3 aromatic rings. The molecule has 1 aliphatic rings. The van der Waals surface area contributed by atoms with Crippen LogP contribution in [0.1, 0.15) is 67.5 Å². The molecular weight excluding hydrogens is 419 g/mol. The summed E-state index contributed by atoms with van der Waals surface area (Å²) in [6.07, 6.45) is 5.58. The van der Waals surface area contributed by atoms with Gasteiger partial charge in [0.1, 0.15) is 11.4 Å². The summed E-state index contributed by atoms with van der Waals surface area (Å²) < 4.78 is 41.5. The molecule has 0 N–H and O–H groups in total. The fourth-order valence-electron chi connectivity index (χ4n) is 4.13. The number of aromatic nitrogens is 5. The zero-order valence-electron chi connectivity index (χ0n) is 17.8. The molecule has 0 atom stereocenters. The Kier molecular flexibility index (Phi) is 6.34. The Morgan fingerprint density at radius 2 is 1.84 bits per heavy atom. The number of rotatable bonds is 5. The van der Waals surface area contributed by atoms with E-state index in [1.807, 2.05) is 6.92 Å². The largest absolute Gasteiger partial charge is 0.418 e. The monoisotopic (exact) mass is 443 g/mol. The molecule has 9 heteroatoms. The summed E-state index contributed by atoms with van der Waals surface area (Å²) in [5.41, 5.74) is 0.796. The van der Waals surface area contributed by atoms with E-state index in [-0.39, 0.29) is 23.7 Å². The zero-order valence-corrected chi connectivity index (χ0v) is 17.8. The van der Waals surface area contributed by atoms with E-state index in [9.17, 15) is 18.0 Å². The number of nitrogens with zero attached hydrogens (tertiary/aromatic N) is 5. The summed E-state index contributed by atoms with van der Waals surface area (Å²) in [6.45, 7) is 1.59. The lowest BCUT2D eigenvalue weighted by atomic mass is 9.84. The average Bonchev–Trinajstić information content (AvgIpc) is 2.81. The Hall–Kier alpha value is -3.10. The van der Waals surface area contributed by atoms with Crippen LogP contribution in [0.5, 0.6) is 0 Å². The number of alkyl halides is 3. The molecule has 0 aliphatic heterocycles. The molecule has 32 heavy (non-hydrogen) atoms. The highest BCUT2D eigenvalue weighted by Crippen LogP contribution is 2.33. The lowest BCUT2D eigenvalue weighted by Crippen LogP contribution is -2.30. The normalized spacial score (nSPS) is 15.1. The predicted octanol–water partition coefficient (Wildman–Crippen LogP) is 4.77. The minimum Gasteiger partial charge on any atom is -0.267 e. The van der Waals surface area contributed by atoms with Crippen LogP contribution in [-0.4, -0.2) is 24.7 Å². The van der Waals surface area contributed by atoms with Gasteiger partial charge in [0.2, 0.25) is 0 Å². The van der Waals surface area contributed by atoms with Crippen LogP contribution >= 0.6 is 0 Å². The smallest absolute Gasteiger partial charge is 0.267 e. The molecular formula is C23H24F3N5O. The van der Waals surface area contributed by atoms with E-state index in [1.54, 1.807) is 18.5 Å². The van der Waals surface area contributed by atoms with E-state index in [0.29, 0.717) is 17.0 Å². The van der Waals surface area contributed by atoms with Crippen LogP contribution in [0, 0.1) is 0 Å². The van der Waals surface area contributed by atoms with Gasteiger partial charge in [-0.1, -0.05) is 26.2 Å². The van der Waals surface area contributed by atoms with Crippen molar-refractivity contribution < 1.29 is 13.2 Å². The number of hydrogen-bond donors (Lipinski definition) is 0. The Balaban J connectivity index is 1.81. The van der Waals surface area contributed by atoms with Crippen molar-refractivity contribution in [2.24, 2.45) is 0 Å². The first-order chi connectivity index (χ1) is 15.4. The van der Waals surface area contributed by atoms with Gasteiger partial charge in [-0.25, -0.2) is 4.68 Å². The molecule has 4 rings (SSSR count). The van der Waals surface area contributed by atoms with Crippen LogP contribution in [0.3, 0.4) is 0 Å². The van der Waals surface area contributed by atoms with Crippen LogP contribution in [0.25, 0.3) is 11.4 Å². The summed E-state index contributed by atoms with van der Waals surface area (Å²) in [4.78, 5) is 25.9. The van der Waals surface area contributed by atoms with Gasteiger partial charge in [-0.3, -0.25) is 19.7 Å². The van der Waals surface area contributed by atoms with Crippen molar-refractivity contribution in [2.45, 2.75) is 64.1 Å². The van der Waals surface area contributed by atoms with E-state index in [1.165, 1.54) is 12.3 Å². The molecule has 3 aromatic heterocycles. The third-order valence-corrected chi connectivity index (χ3v) is 5.87. The summed E-state index contributed by atoms with van der Waals surface area (Å²) >= 11 is 0. The first-order valence-electron chi connectivity index (χ1n) is 10.8. The molecule has 0 aromatic carbocycles. The van der Waals surface area contributed by atoms with Gasteiger partial charge >= 0.3 is 6.18 Å². The van der Waals surface area contributed by atoms with Crippen molar-refractivity contribution in [1.82, 2.24) is 24.7 Å². The van der Waals surface area contributed by atoms with Crippen LogP contribution in [0.15, 0.2) is 41.6 Å². The van der Waals surface area contributed by atoms with Crippen LogP contribution in [0.2, 0.25) is 0 Å². The van der Waals surface area contributed by atoms with Crippen molar-refractivity contribution in [3.63, 3.8) is 0 Å². The van der Waals surface area contributed by atoms with E-state index in [4.69, 9.17) is 0 Å². The highest BCUT2D eigenvalue weighted by Gasteiger charge is 2.34. The van der Waals surface area contributed by atoms with Crippen LogP contribution < -0.4 is 5.56 Å². The van der Waals surface area contributed by atoms with Crippen molar-refractivity contribution in [3.8, 4) is 11.4 Å². The third kappa shape index (κ3) is 4.71. The molecule has 1 fully saturated rings. The molecule has 6 nitrogen and oxygen atoms in total. The molecule has 0 bridgehead atoms. The van der Waals surface area contributed by atoms with E-state index >= 15 is 0 Å². The molecule has 1 saturated carbocycles. The van der Waals surface area contributed by atoms with Gasteiger partial charge in [-0.05, 0) is 43.4 Å². The minimum atomic E-state index is -4.57. The molecule has 0 spiro atoms. The van der Waals surface area contributed by atoms with Gasteiger partial charge in [0, 0.05) is 18.0 Å². The van der Waals surface area contributed by atoms with Crippen molar-refractivity contribution in [3.05, 3.63) is 69.7 Å². The lowest BCUT2D eigenvalue weighted by Gasteiger charge is -2.22. The van der Waals surface area contributed by atoms with E-state index < -0.39 is 11.7 Å². The summed E-state index contributed by atoms with van der Waals surface area (Å²) in [5, 5.41) is 4.37. The second-order valence-corrected chi connectivity index (χ2v) is 8.02. The number of pyridine rings is 1. The van der Waals surface area contributed by atoms with Gasteiger partial charge in [-0.15, -0.1) is 0 Å². The topological polar surface area (TPSA) is 73.6 Å². The van der Waals surface area contributed by atoms with Gasteiger partial charge < -0.3 is 0 Å². The average molecular weight is 443 g/mol. The Bertz CT molecular complexity index is 1140. The highest BCUT2D eigenvalue weighted by molar-refractivity contribution is 5.53. The third-order valence-electron chi connectivity index (χ3n) is 5.87. The number of halogens is 3. The second-order valence-electron chi connectivity index (χ2n) is 8.02. The fraction of sp³-hybridized carbons (Fsp3) is 0.435. The van der Waals surface area contributed by atoms with E-state index in [0.717, 1.165) is 55.0 Å².